The van der Waals surface area contributed by atoms with E-state index in [1.807, 2.05) is 6.07 Å². The summed E-state index contributed by atoms with van der Waals surface area (Å²) in [6.45, 7) is 0. The van der Waals surface area contributed by atoms with E-state index in [1.54, 1.807) is 0 Å². The van der Waals surface area contributed by atoms with Crippen LogP contribution in [-0.2, 0) is 0 Å². The molecule has 10 rings (SSSR count). The summed E-state index contributed by atoms with van der Waals surface area (Å²) in [4.78, 5) is 5.23. The molecule has 0 aliphatic carbocycles. The predicted octanol–water partition coefficient (Wildman–Crippen LogP) is 10.1. The Balaban J connectivity index is 1.47. The van der Waals surface area contributed by atoms with Gasteiger partial charge in [-0.2, -0.15) is 0 Å². The largest absolute Gasteiger partial charge is 0.455 e. The lowest BCUT2D eigenvalue weighted by Crippen LogP contribution is -1.86. The molecular formula is C37H20N2O. The van der Waals surface area contributed by atoms with Gasteiger partial charge in [-0.1, -0.05) is 78.9 Å². The summed E-state index contributed by atoms with van der Waals surface area (Å²) in [6, 6.07) is 43.4. The Kier molecular flexibility index (Phi) is 3.68. The van der Waals surface area contributed by atoms with Crippen molar-refractivity contribution in [2.75, 3.05) is 0 Å². The van der Waals surface area contributed by atoms with Crippen molar-refractivity contribution < 1.29 is 4.42 Å². The normalized spacial score (nSPS) is 12.5. The van der Waals surface area contributed by atoms with Crippen molar-refractivity contribution in [2.45, 2.75) is 0 Å². The Morgan fingerprint density at radius 2 is 1.32 bits per heavy atom. The van der Waals surface area contributed by atoms with Crippen LogP contribution in [0.4, 0.5) is 0 Å². The molecule has 0 unspecified atom stereocenters. The van der Waals surface area contributed by atoms with E-state index in [1.165, 1.54) is 43.6 Å². The van der Waals surface area contributed by atoms with Crippen molar-refractivity contribution in [3.05, 3.63) is 121 Å². The van der Waals surface area contributed by atoms with E-state index in [-0.39, 0.29) is 0 Å². The van der Waals surface area contributed by atoms with Gasteiger partial charge in [-0.3, -0.25) is 4.40 Å². The number of aromatic nitrogens is 2. The second kappa shape index (κ2) is 7.16. The van der Waals surface area contributed by atoms with Crippen molar-refractivity contribution >= 4 is 81.8 Å². The third kappa shape index (κ3) is 2.48. The van der Waals surface area contributed by atoms with Crippen LogP contribution in [0.3, 0.4) is 0 Å². The Hall–Kier alpha value is -5.41. The third-order valence-corrected chi connectivity index (χ3v) is 8.68. The maximum Gasteiger partial charge on any atom is 0.146 e. The van der Waals surface area contributed by atoms with Crippen LogP contribution in [0, 0.1) is 0 Å². The van der Waals surface area contributed by atoms with E-state index in [0.29, 0.717) is 0 Å². The number of rotatable bonds is 1. The highest BCUT2D eigenvalue weighted by Gasteiger charge is 2.23. The van der Waals surface area contributed by atoms with Gasteiger partial charge in [-0.25, -0.2) is 4.98 Å². The molecule has 0 N–H and O–H groups in total. The highest BCUT2D eigenvalue weighted by Crippen LogP contribution is 2.46. The summed E-state index contributed by atoms with van der Waals surface area (Å²) in [5.74, 6) is 0. The predicted molar refractivity (Wildman–Crippen MR) is 167 cm³/mol. The first-order valence-electron chi connectivity index (χ1n) is 13.6. The lowest BCUT2D eigenvalue weighted by atomic mass is 9.95. The van der Waals surface area contributed by atoms with E-state index in [4.69, 9.17) is 9.40 Å². The van der Waals surface area contributed by atoms with E-state index in [9.17, 15) is 0 Å². The molecule has 0 fully saturated rings. The minimum Gasteiger partial charge on any atom is -0.455 e. The van der Waals surface area contributed by atoms with Crippen molar-refractivity contribution in [1.29, 1.82) is 0 Å². The second-order valence-corrected chi connectivity index (χ2v) is 10.8. The molecule has 0 saturated carbocycles. The van der Waals surface area contributed by atoms with Crippen LogP contribution in [0.1, 0.15) is 0 Å². The fourth-order valence-corrected chi connectivity index (χ4v) is 6.94. The summed E-state index contributed by atoms with van der Waals surface area (Å²) in [7, 11) is 0. The first-order chi connectivity index (χ1) is 19.8. The average Bonchev–Trinajstić information content (AvgIpc) is 3.65. The van der Waals surface area contributed by atoms with Crippen LogP contribution < -0.4 is 0 Å². The van der Waals surface area contributed by atoms with Gasteiger partial charge >= 0.3 is 0 Å². The smallest absolute Gasteiger partial charge is 0.146 e. The van der Waals surface area contributed by atoms with E-state index < -0.39 is 0 Å². The average molecular weight is 509 g/mol. The quantitative estimate of drug-likeness (QED) is 0.221. The topological polar surface area (TPSA) is 30.4 Å². The number of hydrogen-bond donors (Lipinski definition) is 0. The standard InChI is InChI=1S/C37H20N2O/c1-3-11-24-21(8-1)10-7-13-25(24)23-19-28-29-18-22-9-2-5-14-31(22)38-37(29)39-32-17-16-27-26-12-4-6-15-33(26)40-36(27)34(32)30(20-23)35(28)39/h1-20H. The number of nitrogens with zero attached hydrogens (tertiary/aromatic N) is 2. The van der Waals surface area contributed by atoms with Crippen molar-refractivity contribution in [3.63, 3.8) is 0 Å². The van der Waals surface area contributed by atoms with Gasteiger partial charge in [0, 0.05) is 32.3 Å². The molecule has 0 aliphatic rings. The number of hydrogen-bond acceptors (Lipinski definition) is 2. The molecular weight excluding hydrogens is 488 g/mol. The van der Waals surface area contributed by atoms with Crippen LogP contribution in [0.25, 0.3) is 93.0 Å². The van der Waals surface area contributed by atoms with E-state index >= 15 is 0 Å². The minimum atomic E-state index is 0.915. The molecule has 0 atom stereocenters. The zero-order valence-corrected chi connectivity index (χ0v) is 21.3. The zero-order valence-electron chi connectivity index (χ0n) is 21.3. The first kappa shape index (κ1) is 20.5. The fraction of sp³-hybridized carbons (Fsp3) is 0. The van der Waals surface area contributed by atoms with Crippen LogP contribution in [0.2, 0.25) is 0 Å². The number of para-hydroxylation sites is 2. The molecule has 0 aliphatic heterocycles. The molecule has 0 saturated heterocycles. The van der Waals surface area contributed by atoms with Gasteiger partial charge in [0.1, 0.15) is 16.8 Å². The molecule has 6 aromatic carbocycles. The summed E-state index contributed by atoms with van der Waals surface area (Å²) >= 11 is 0. The van der Waals surface area contributed by atoms with Gasteiger partial charge in [0.2, 0.25) is 0 Å². The van der Waals surface area contributed by atoms with Crippen LogP contribution in [0.15, 0.2) is 126 Å². The summed E-state index contributed by atoms with van der Waals surface area (Å²) in [5, 5.41) is 10.7. The molecule has 3 heteroatoms. The maximum atomic E-state index is 6.59. The SMILES string of the molecule is c1ccc2nc3c(cc2c1)c1cc(-c2cccc4ccccc24)cc2c4c5oc6ccccc6c5ccc4n3c12. The van der Waals surface area contributed by atoms with Gasteiger partial charge in [-0.15, -0.1) is 0 Å². The van der Waals surface area contributed by atoms with Crippen LogP contribution in [-0.4, -0.2) is 9.38 Å². The van der Waals surface area contributed by atoms with E-state index in [2.05, 4.69) is 120 Å². The fourth-order valence-electron chi connectivity index (χ4n) is 6.94. The van der Waals surface area contributed by atoms with Crippen LogP contribution in [0.5, 0.6) is 0 Å². The summed E-state index contributed by atoms with van der Waals surface area (Å²) in [6.07, 6.45) is 0. The van der Waals surface area contributed by atoms with Crippen molar-refractivity contribution in [2.24, 2.45) is 0 Å². The van der Waals surface area contributed by atoms with Gasteiger partial charge in [0.15, 0.2) is 0 Å². The molecule has 0 spiro atoms. The van der Waals surface area contributed by atoms with Crippen LogP contribution >= 0.6 is 0 Å². The molecule has 0 bridgehead atoms. The summed E-state index contributed by atoms with van der Waals surface area (Å²) in [5.41, 5.74) is 8.60. The first-order valence-corrected chi connectivity index (χ1v) is 13.6. The third-order valence-electron chi connectivity index (χ3n) is 8.68. The number of fused-ring (bicyclic) bond motifs is 12. The molecule has 184 valence electrons. The molecule has 0 radical (unpaired) electrons. The maximum absolute atomic E-state index is 6.59. The van der Waals surface area contributed by atoms with Crippen molar-refractivity contribution in [3.8, 4) is 11.1 Å². The molecule has 0 amide bonds. The number of benzene rings is 6. The Morgan fingerprint density at radius 3 is 2.27 bits per heavy atom. The van der Waals surface area contributed by atoms with Gasteiger partial charge in [-0.05, 0) is 64.4 Å². The molecule has 4 heterocycles. The Labute approximate surface area is 227 Å². The molecule has 4 aromatic heterocycles. The Morgan fingerprint density at radius 1 is 0.550 bits per heavy atom. The van der Waals surface area contributed by atoms with E-state index in [0.717, 1.165) is 49.4 Å². The highest BCUT2D eigenvalue weighted by molar-refractivity contribution is 6.30. The molecule has 10 aromatic rings. The van der Waals surface area contributed by atoms with Gasteiger partial charge in [0.25, 0.3) is 0 Å². The monoisotopic (exact) mass is 508 g/mol. The lowest BCUT2D eigenvalue weighted by molar-refractivity contribution is 0.673. The summed E-state index contributed by atoms with van der Waals surface area (Å²) < 4.78 is 8.94. The zero-order chi connectivity index (χ0) is 25.9. The number of pyridine rings is 1. The van der Waals surface area contributed by atoms with Gasteiger partial charge in [0.05, 0.1) is 21.9 Å². The Bertz CT molecular complexity index is 2650. The van der Waals surface area contributed by atoms with Gasteiger partial charge < -0.3 is 4.42 Å². The second-order valence-electron chi connectivity index (χ2n) is 10.8. The minimum absolute atomic E-state index is 0.915. The molecule has 40 heavy (non-hydrogen) atoms. The highest BCUT2D eigenvalue weighted by atomic mass is 16.3. The molecule has 3 nitrogen and oxygen atoms in total. The lowest BCUT2D eigenvalue weighted by Gasteiger charge is -2.08. The number of furan rings is 1. The van der Waals surface area contributed by atoms with Crippen molar-refractivity contribution in [1.82, 2.24) is 9.38 Å².